The number of fused-ring (bicyclic) bond motifs is 1. The number of anilines is 1. The predicted molar refractivity (Wildman–Crippen MR) is 84.7 cm³/mol. The number of nitrogens with one attached hydrogen (secondary N) is 2. The molecule has 0 radical (unpaired) electrons. The Hall–Kier alpha value is -2.87. The molecule has 3 rings (SSSR count). The second kappa shape index (κ2) is 5.73. The molecule has 118 valence electrons. The summed E-state index contributed by atoms with van der Waals surface area (Å²) in [6.07, 6.45) is 0. The van der Waals surface area contributed by atoms with Gasteiger partial charge >= 0.3 is 5.97 Å². The van der Waals surface area contributed by atoms with Gasteiger partial charge in [-0.15, -0.1) is 0 Å². The molecule has 23 heavy (non-hydrogen) atoms. The Bertz CT molecular complexity index is 979. The van der Waals surface area contributed by atoms with Crippen LogP contribution in [0.5, 0.6) is 0 Å². The van der Waals surface area contributed by atoms with E-state index in [4.69, 9.17) is 0 Å². The molecule has 2 N–H and O–H groups in total. The van der Waals surface area contributed by atoms with E-state index in [0.717, 1.165) is 0 Å². The number of hydrogen-bond donors (Lipinski definition) is 2. The fraction of sp³-hybridized carbons (Fsp3) is 0.0667. The molecule has 0 aliphatic carbocycles. The molecule has 2 aromatic carbocycles. The van der Waals surface area contributed by atoms with E-state index in [-0.39, 0.29) is 16.3 Å². The van der Waals surface area contributed by atoms with Crippen molar-refractivity contribution in [2.24, 2.45) is 0 Å². The van der Waals surface area contributed by atoms with E-state index >= 15 is 0 Å². The minimum Gasteiger partial charge on any atom is -0.465 e. The van der Waals surface area contributed by atoms with E-state index in [1.54, 1.807) is 24.3 Å². The number of aromatic amines is 1. The molecule has 1 aromatic heterocycles. The fourth-order valence-electron chi connectivity index (χ4n) is 2.20. The van der Waals surface area contributed by atoms with Gasteiger partial charge in [0.1, 0.15) is 4.90 Å². The predicted octanol–water partition coefficient (Wildman–Crippen LogP) is 2.15. The number of carbonyl (C=O) groups excluding carboxylic acids is 1. The molecule has 0 aliphatic heterocycles. The lowest BCUT2D eigenvalue weighted by Gasteiger charge is -2.09. The number of H-pyrrole nitrogens is 1. The van der Waals surface area contributed by atoms with Crippen LogP contribution in [0.2, 0.25) is 0 Å². The summed E-state index contributed by atoms with van der Waals surface area (Å²) in [5, 5.41) is 7.34. The molecule has 0 fully saturated rings. The van der Waals surface area contributed by atoms with Gasteiger partial charge in [-0.05, 0) is 24.3 Å². The Labute approximate surface area is 132 Å². The van der Waals surface area contributed by atoms with Gasteiger partial charge in [0, 0.05) is 5.39 Å². The molecule has 0 saturated carbocycles. The maximum atomic E-state index is 12.6. The second-order valence-electron chi connectivity index (χ2n) is 4.71. The lowest BCUT2D eigenvalue weighted by molar-refractivity contribution is 0.0596. The van der Waals surface area contributed by atoms with Crippen molar-refractivity contribution < 1.29 is 17.9 Å². The van der Waals surface area contributed by atoms with Gasteiger partial charge in [-0.3, -0.25) is 9.82 Å². The molecule has 8 heteroatoms. The third kappa shape index (κ3) is 2.76. The number of aromatic nitrogens is 2. The number of sulfonamides is 1. The Morgan fingerprint density at radius 3 is 2.61 bits per heavy atom. The largest absolute Gasteiger partial charge is 0.465 e. The zero-order valence-corrected chi connectivity index (χ0v) is 12.9. The number of carbonyl (C=O) groups is 1. The summed E-state index contributed by atoms with van der Waals surface area (Å²) in [4.78, 5) is 11.6. The first-order valence-electron chi connectivity index (χ1n) is 6.66. The lowest BCUT2D eigenvalue weighted by atomic mass is 10.2. The summed E-state index contributed by atoms with van der Waals surface area (Å²) in [5.74, 6) is -0.557. The molecule has 0 bridgehead atoms. The topological polar surface area (TPSA) is 101 Å². The molecule has 0 unspecified atom stereocenters. The SMILES string of the molecule is COC(=O)c1ccccc1S(=O)(=O)Nc1n[nH]c2ccccc12. The van der Waals surface area contributed by atoms with E-state index < -0.39 is 16.0 Å². The number of benzene rings is 2. The third-order valence-electron chi connectivity index (χ3n) is 3.28. The third-order valence-corrected chi connectivity index (χ3v) is 4.68. The highest BCUT2D eigenvalue weighted by Gasteiger charge is 2.24. The van der Waals surface area contributed by atoms with Crippen LogP contribution < -0.4 is 4.72 Å². The van der Waals surface area contributed by atoms with Gasteiger partial charge < -0.3 is 4.74 Å². The van der Waals surface area contributed by atoms with Crippen LogP contribution in [0.1, 0.15) is 10.4 Å². The Morgan fingerprint density at radius 2 is 1.83 bits per heavy atom. The van der Waals surface area contributed by atoms with Crippen molar-refractivity contribution in [2.75, 3.05) is 11.8 Å². The van der Waals surface area contributed by atoms with Gasteiger partial charge in [0.2, 0.25) is 0 Å². The first-order chi connectivity index (χ1) is 11.0. The van der Waals surface area contributed by atoms with Gasteiger partial charge in [0.25, 0.3) is 10.0 Å². The van der Waals surface area contributed by atoms with E-state index in [1.165, 1.54) is 25.3 Å². The molecule has 0 atom stereocenters. The van der Waals surface area contributed by atoms with Crippen molar-refractivity contribution in [2.45, 2.75) is 4.90 Å². The normalized spacial score (nSPS) is 11.3. The van der Waals surface area contributed by atoms with Crippen molar-refractivity contribution in [1.29, 1.82) is 0 Å². The minimum absolute atomic E-state index is 0.0395. The number of methoxy groups -OCH3 is 1. The quantitative estimate of drug-likeness (QED) is 0.713. The average molecular weight is 331 g/mol. The van der Waals surface area contributed by atoms with Crippen LogP contribution in [0, 0.1) is 0 Å². The molecule has 3 aromatic rings. The van der Waals surface area contributed by atoms with Crippen molar-refractivity contribution in [3.8, 4) is 0 Å². The van der Waals surface area contributed by atoms with Gasteiger partial charge in [-0.1, -0.05) is 24.3 Å². The van der Waals surface area contributed by atoms with Gasteiger partial charge in [0.05, 0.1) is 18.2 Å². The summed E-state index contributed by atoms with van der Waals surface area (Å²) in [6, 6.07) is 12.9. The molecule has 0 amide bonds. The van der Waals surface area contributed by atoms with Gasteiger partial charge in [-0.25, -0.2) is 13.2 Å². The van der Waals surface area contributed by atoms with E-state index in [9.17, 15) is 13.2 Å². The first kappa shape index (κ1) is 15.0. The molecule has 1 heterocycles. The smallest absolute Gasteiger partial charge is 0.339 e. The number of rotatable bonds is 4. The minimum atomic E-state index is -3.99. The standard InChI is InChI=1S/C15H13N3O4S/c1-22-15(19)11-7-3-5-9-13(11)23(20,21)18-14-10-6-2-4-8-12(10)16-17-14/h2-9H,1H3,(H2,16,17,18). The summed E-state index contributed by atoms with van der Waals surface area (Å²) in [7, 11) is -2.80. The Balaban J connectivity index is 2.05. The van der Waals surface area contributed by atoms with E-state index in [2.05, 4.69) is 19.7 Å². The van der Waals surface area contributed by atoms with Crippen LogP contribution >= 0.6 is 0 Å². The fourth-order valence-corrected chi connectivity index (χ4v) is 3.42. The summed E-state index contributed by atoms with van der Waals surface area (Å²) in [6.45, 7) is 0. The van der Waals surface area contributed by atoms with Crippen LogP contribution in [0.4, 0.5) is 5.82 Å². The van der Waals surface area contributed by atoms with Crippen molar-refractivity contribution >= 4 is 32.7 Å². The van der Waals surface area contributed by atoms with Crippen LogP contribution in [0.25, 0.3) is 10.9 Å². The molecule has 0 spiro atoms. The molecule has 7 nitrogen and oxygen atoms in total. The maximum absolute atomic E-state index is 12.6. The lowest BCUT2D eigenvalue weighted by Crippen LogP contribution is -2.17. The summed E-state index contributed by atoms with van der Waals surface area (Å²) >= 11 is 0. The molecule has 0 saturated heterocycles. The van der Waals surface area contributed by atoms with Gasteiger partial charge in [-0.2, -0.15) is 5.10 Å². The van der Waals surface area contributed by atoms with Crippen LogP contribution in [0.15, 0.2) is 53.4 Å². The van der Waals surface area contributed by atoms with Crippen molar-refractivity contribution in [3.63, 3.8) is 0 Å². The number of nitrogens with zero attached hydrogens (tertiary/aromatic N) is 1. The summed E-state index contributed by atoms with van der Waals surface area (Å²) < 4.78 is 32.2. The average Bonchev–Trinajstić information content (AvgIpc) is 2.97. The molecular weight excluding hydrogens is 318 g/mol. The van der Waals surface area contributed by atoms with Crippen LogP contribution in [0.3, 0.4) is 0 Å². The van der Waals surface area contributed by atoms with Crippen LogP contribution in [-0.2, 0) is 14.8 Å². The van der Waals surface area contributed by atoms with Crippen molar-refractivity contribution in [1.82, 2.24) is 10.2 Å². The maximum Gasteiger partial charge on any atom is 0.339 e. The zero-order valence-electron chi connectivity index (χ0n) is 12.1. The number of para-hydroxylation sites is 1. The second-order valence-corrected chi connectivity index (χ2v) is 6.36. The van der Waals surface area contributed by atoms with Crippen LogP contribution in [-0.4, -0.2) is 31.7 Å². The highest BCUT2D eigenvalue weighted by Crippen LogP contribution is 2.24. The first-order valence-corrected chi connectivity index (χ1v) is 8.14. The number of esters is 1. The monoisotopic (exact) mass is 331 g/mol. The highest BCUT2D eigenvalue weighted by molar-refractivity contribution is 7.92. The van der Waals surface area contributed by atoms with E-state index in [1.807, 2.05) is 6.07 Å². The van der Waals surface area contributed by atoms with Gasteiger partial charge in [0.15, 0.2) is 5.82 Å². The zero-order chi connectivity index (χ0) is 16.4. The summed E-state index contributed by atoms with van der Waals surface area (Å²) in [5.41, 5.74) is 0.661. The Morgan fingerprint density at radius 1 is 1.13 bits per heavy atom. The van der Waals surface area contributed by atoms with E-state index in [0.29, 0.717) is 10.9 Å². The number of hydrogen-bond acceptors (Lipinski definition) is 5. The molecule has 0 aliphatic rings. The highest BCUT2D eigenvalue weighted by atomic mass is 32.2. The van der Waals surface area contributed by atoms with Crippen molar-refractivity contribution in [3.05, 3.63) is 54.1 Å². The Kier molecular flexibility index (Phi) is 3.75. The number of ether oxygens (including phenoxy) is 1. The molecular formula is C15H13N3O4S.